The number of pyridine rings is 1. The zero-order valence-electron chi connectivity index (χ0n) is 5.87. The predicted octanol–water partition coefficient (Wildman–Crippen LogP) is 1.41. The van der Waals surface area contributed by atoms with Gasteiger partial charge in [0.25, 0.3) is 0 Å². The van der Waals surface area contributed by atoms with Crippen LogP contribution in [0.5, 0.6) is 5.88 Å². The Bertz CT molecular complexity index is 222. The van der Waals surface area contributed by atoms with Crippen molar-refractivity contribution in [2.24, 2.45) is 0 Å². The van der Waals surface area contributed by atoms with Crippen LogP contribution in [0.3, 0.4) is 0 Å². The second-order valence-corrected chi connectivity index (χ2v) is 2.60. The molecule has 2 heterocycles. The molecule has 1 aromatic heterocycles. The van der Waals surface area contributed by atoms with Crippen molar-refractivity contribution in [3.8, 4) is 5.88 Å². The van der Waals surface area contributed by atoms with E-state index in [-0.39, 0.29) is 0 Å². The number of nitrogens with zero attached hydrogens (tertiary/aromatic N) is 1. The molecule has 0 fully saturated rings. The van der Waals surface area contributed by atoms with Crippen LogP contribution in [-0.4, -0.2) is 11.1 Å². The van der Waals surface area contributed by atoms with Gasteiger partial charge in [0.2, 0.25) is 5.88 Å². The van der Waals surface area contributed by atoms with Crippen molar-refractivity contribution < 1.29 is 4.74 Å². The molecule has 0 bridgehead atoms. The van der Waals surface area contributed by atoms with Gasteiger partial charge in [-0.1, -0.05) is 6.07 Å². The van der Waals surface area contributed by atoms with Gasteiger partial charge in [0.15, 0.2) is 0 Å². The SMILES string of the molecule is CC1Cc2cccnc2O1. The lowest BCUT2D eigenvalue weighted by atomic mass is 10.2. The highest BCUT2D eigenvalue weighted by Gasteiger charge is 2.18. The van der Waals surface area contributed by atoms with Gasteiger partial charge in [-0.3, -0.25) is 0 Å². The fourth-order valence-corrected chi connectivity index (χ4v) is 1.23. The highest BCUT2D eigenvalue weighted by atomic mass is 16.5. The fraction of sp³-hybridized carbons (Fsp3) is 0.375. The highest BCUT2D eigenvalue weighted by Crippen LogP contribution is 2.24. The average molecular weight is 135 g/mol. The smallest absolute Gasteiger partial charge is 0.216 e. The molecular formula is C8H9NO. The molecule has 2 rings (SSSR count). The summed E-state index contributed by atoms with van der Waals surface area (Å²) in [5.41, 5.74) is 1.23. The summed E-state index contributed by atoms with van der Waals surface area (Å²) in [6.45, 7) is 2.06. The first-order chi connectivity index (χ1) is 4.86. The van der Waals surface area contributed by atoms with E-state index in [0.717, 1.165) is 12.3 Å². The van der Waals surface area contributed by atoms with Gasteiger partial charge in [-0.15, -0.1) is 0 Å². The molecule has 0 N–H and O–H groups in total. The second-order valence-electron chi connectivity index (χ2n) is 2.60. The maximum atomic E-state index is 5.40. The first-order valence-electron chi connectivity index (χ1n) is 3.47. The Balaban J connectivity index is 2.42. The third-order valence-corrected chi connectivity index (χ3v) is 1.67. The van der Waals surface area contributed by atoms with Crippen LogP contribution in [0, 0.1) is 0 Å². The Morgan fingerprint density at radius 3 is 3.40 bits per heavy atom. The predicted molar refractivity (Wildman–Crippen MR) is 38.0 cm³/mol. The van der Waals surface area contributed by atoms with E-state index in [2.05, 4.69) is 18.0 Å². The topological polar surface area (TPSA) is 22.1 Å². The van der Waals surface area contributed by atoms with Crippen molar-refractivity contribution in [2.45, 2.75) is 19.4 Å². The van der Waals surface area contributed by atoms with Crippen LogP contribution in [0.1, 0.15) is 12.5 Å². The van der Waals surface area contributed by atoms with Crippen LogP contribution in [0.4, 0.5) is 0 Å². The van der Waals surface area contributed by atoms with E-state index in [1.807, 2.05) is 6.07 Å². The number of hydrogen-bond donors (Lipinski definition) is 0. The maximum Gasteiger partial charge on any atom is 0.216 e. The van der Waals surface area contributed by atoms with Crippen molar-refractivity contribution in [3.05, 3.63) is 23.9 Å². The monoisotopic (exact) mass is 135 g/mol. The van der Waals surface area contributed by atoms with Crippen molar-refractivity contribution in [1.29, 1.82) is 0 Å². The minimum absolute atomic E-state index is 0.310. The van der Waals surface area contributed by atoms with Crippen LogP contribution in [0.25, 0.3) is 0 Å². The number of hydrogen-bond acceptors (Lipinski definition) is 2. The molecule has 1 atom stereocenters. The Kier molecular flexibility index (Phi) is 1.13. The normalized spacial score (nSPS) is 21.9. The van der Waals surface area contributed by atoms with Gasteiger partial charge >= 0.3 is 0 Å². The number of ether oxygens (including phenoxy) is 1. The molecule has 0 spiro atoms. The fourth-order valence-electron chi connectivity index (χ4n) is 1.23. The maximum absolute atomic E-state index is 5.40. The van der Waals surface area contributed by atoms with Crippen molar-refractivity contribution in [1.82, 2.24) is 4.98 Å². The van der Waals surface area contributed by atoms with E-state index in [1.165, 1.54) is 5.56 Å². The molecule has 1 aliphatic heterocycles. The minimum Gasteiger partial charge on any atom is -0.474 e. The van der Waals surface area contributed by atoms with Gasteiger partial charge in [-0.2, -0.15) is 0 Å². The summed E-state index contributed by atoms with van der Waals surface area (Å²) in [7, 11) is 0. The Morgan fingerprint density at radius 1 is 1.70 bits per heavy atom. The van der Waals surface area contributed by atoms with Crippen LogP contribution in [0.15, 0.2) is 18.3 Å². The van der Waals surface area contributed by atoms with E-state index >= 15 is 0 Å². The molecule has 0 aromatic carbocycles. The van der Waals surface area contributed by atoms with Gasteiger partial charge < -0.3 is 4.74 Å². The number of aromatic nitrogens is 1. The molecule has 1 aromatic rings. The summed E-state index contributed by atoms with van der Waals surface area (Å²) in [5, 5.41) is 0. The van der Waals surface area contributed by atoms with Gasteiger partial charge in [0.1, 0.15) is 6.10 Å². The minimum atomic E-state index is 0.310. The first-order valence-corrected chi connectivity index (χ1v) is 3.47. The van der Waals surface area contributed by atoms with Gasteiger partial charge in [0, 0.05) is 18.2 Å². The molecule has 2 nitrogen and oxygen atoms in total. The number of rotatable bonds is 0. The van der Waals surface area contributed by atoms with Crippen LogP contribution >= 0.6 is 0 Å². The zero-order valence-corrected chi connectivity index (χ0v) is 5.87. The lowest BCUT2D eigenvalue weighted by molar-refractivity contribution is 0.246. The van der Waals surface area contributed by atoms with E-state index in [1.54, 1.807) is 6.20 Å². The summed E-state index contributed by atoms with van der Waals surface area (Å²) in [6, 6.07) is 4.01. The average Bonchev–Trinajstić information content (AvgIpc) is 2.27. The summed E-state index contributed by atoms with van der Waals surface area (Å²) in [6.07, 6.45) is 3.07. The van der Waals surface area contributed by atoms with Crippen LogP contribution in [-0.2, 0) is 6.42 Å². The Morgan fingerprint density at radius 2 is 2.60 bits per heavy atom. The number of fused-ring (bicyclic) bond motifs is 1. The lowest BCUT2D eigenvalue weighted by Crippen LogP contribution is -2.05. The molecule has 2 heteroatoms. The van der Waals surface area contributed by atoms with E-state index in [0.29, 0.717) is 6.10 Å². The largest absolute Gasteiger partial charge is 0.474 e. The molecule has 52 valence electrons. The standard InChI is InChI=1S/C8H9NO/c1-6-5-7-3-2-4-9-8(7)10-6/h2-4,6H,5H2,1H3. The van der Waals surface area contributed by atoms with Gasteiger partial charge in [0.05, 0.1) is 0 Å². The highest BCUT2D eigenvalue weighted by molar-refractivity contribution is 5.29. The molecule has 1 unspecified atom stereocenters. The molecule has 10 heavy (non-hydrogen) atoms. The quantitative estimate of drug-likeness (QED) is 0.536. The molecule has 0 saturated carbocycles. The van der Waals surface area contributed by atoms with Crippen molar-refractivity contribution >= 4 is 0 Å². The molecule has 0 aliphatic carbocycles. The third-order valence-electron chi connectivity index (χ3n) is 1.67. The third kappa shape index (κ3) is 0.764. The zero-order chi connectivity index (χ0) is 6.97. The second kappa shape index (κ2) is 1.97. The van der Waals surface area contributed by atoms with E-state index in [4.69, 9.17) is 4.74 Å². The molecule has 1 aliphatic rings. The summed E-state index contributed by atoms with van der Waals surface area (Å²) < 4.78 is 5.40. The Labute approximate surface area is 59.9 Å². The van der Waals surface area contributed by atoms with Crippen molar-refractivity contribution in [3.63, 3.8) is 0 Å². The Hall–Kier alpha value is -1.05. The summed E-state index contributed by atoms with van der Waals surface area (Å²) in [5.74, 6) is 0.815. The molecule has 0 radical (unpaired) electrons. The molecule has 0 saturated heterocycles. The molecule has 0 amide bonds. The summed E-state index contributed by atoms with van der Waals surface area (Å²) in [4.78, 5) is 4.09. The molecular weight excluding hydrogens is 126 g/mol. The summed E-state index contributed by atoms with van der Waals surface area (Å²) >= 11 is 0. The first kappa shape index (κ1) is 5.71. The van der Waals surface area contributed by atoms with Gasteiger partial charge in [-0.25, -0.2) is 4.98 Å². The van der Waals surface area contributed by atoms with Crippen molar-refractivity contribution in [2.75, 3.05) is 0 Å². The van der Waals surface area contributed by atoms with E-state index in [9.17, 15) is 0 Å². The van der Waals surface area contributed by atoms with E-state index < -0.39 is 0 Å². The lowest BCUT2D eigenvalue weighted by Gasteiger charge is -1.99. The van der Waals surface area contributed by atoms with Crippen LogP contribution < -0.4 is 4.74 Å². The van der Waals surface area contributed by atoms with Crippen LogP contribution in [0.2, 0.25) is 0 Å². The van der Waals surface area contributed by atoms with Gasteiger partial charge in [-0.05, 0) is 13.0 Å².